The van der Waals surface area contributed by atoms with Crippen LogP contribution in [0.4, 0.5) is 0 Å². The van der Waals surface area contributed by atoms with E-state index in [9.17, 15) is 0 Å². The van der Waals surface area contributed by atoms with E-state index in [2.05, 4.69) is 25.3 Å². The molecule has 25 heavy (non-hydrogen) atoms. The van der Waals surface area contributed by atoms with Gasteiger partial charge in [-0.25, -0.2) is 14.6 Å². The Bertz CT molecular complexity index is 893. The van der Waals surface area contributed by atoms with Crippen molar-refractivity contribution in [3.05, 3.63) is 40.6 Å². The van der Waals surface area contributed by atoms with Crippen molar-refractivity contribution < 1.29 is 9.47 Å². The van der Waals surface area contributed by atoms with Crippen LogP contribution in [0.2, 0.25) is 5.15 Å². The number of hydrogen-bond acceptors (Lipinski definition) is 7. The number of nitrogens with zero attached hydrogens (tertiary/aromatic N) is 6. The minimum Gasteiger partial charge on any atom is -0.379 e. The summed E-state index contributed by atoms with van der Waals surface area (Å²) in [5.74, 6) is 0.579. The highest BCUT2D eigenvalue weighted by Crippen LogP contribution is 2.18. The van der Waals surface area contributed by atoms with Gasteiger partial charge in [0.25, 0.3) is 0 Å². The number of ether oxygens (including phenoxy) is 2. The van der Waals surface area contributed by atoms with Crippen LogP contribution in [-0.2, 0) is 22.6 Å². The zero-order valence-corrected chi connectivity index (χ0v) is 14.5. The van der Waals surface area contributed by atoms with Gasteiger partial charge in [0.1, 0.15) is 5.82 Å². The molecule has 0 spiro atoms. The van der Waals surface area contributed by atoms with Crippen LogP contribution in [-0.4, -0.2) is 49.3 Å². The second-order valence-corrected chi connectivity index (χ2v) is 6.26. The highest BCUT2D eigenvalue weighted by molar-refractivity contribution is 6.33. The Morgan fingerprint density at radius 3 is 3.00 bits per heavy atom. The lowest BCUT2D eigenvalue weighted by molar-refractivity contribution is 0.0301. The molecule has 4 rings (SSSR count). The molecule has 0 saturated carbocycles. The first kappa shape index (κ1) is 16.3. The van der Waals surface area contributed by atoms with Crippen molar-refractivity contribution in [3.63, 3.8) is 0 Å². The number of fused-ring (bicyclic) bond motifs is 1. The zero-order valence-electron chi connectivity index (χ0n) is 13.7. The molecule has 0 N–H and O–H groups in total. The Kier molecular flexibility index (Phi) is 4.56. The third kappa shape index (κ3) is 3.60. The van der Waals surface area contributed by atoms with Crippen LogP contribution in [0.25, 0.3) is 11.2 Å². The van der Waals surface area contributed by atoms with Crippen LogP contribution in [0.15, 0.2) is 18.2 Å². The van der Waals surface area contributed by atoms with Gasteiger partial charge in [-0.1, -0.05) is 22.9 Å². The fraction of sp³-hybridized carbons (Fsp3) is 0.438. The Labute approximate surface area is 149 Å². The maximum Gasteiger partial charge on any atom is 0.183 e. The molecule has 1 atom stereocenters. The van der Waals surface area contributed by atoms with Crippen LogP contribution >= 0.6 is 11.6 Å². The van der Waals surface area contributed by atoms with Gasteiger partial charge in [0.2, 0.25) is 0 Å². The molecule has 4 heterocycles. The van der Waals surface area contributed by atoms with E-state index in [1.165, 1.54) is 0 Å². The average molecular weight is 361 g/mol. The molecule has 0 radical (unpaired) electrons. The SMILES string of the molecule is Cc1nc(Cl)c2nnn(Cc3cccc(COC4CCOC4)n3)c2n1. The fourth-order valence-electron chi connectivity index (χ4n) is 2.73. The summed E-state index contributed by atoms with van der Waals surface area (Å²) >= 11 is 6.10. The lowest BCUT2D eigenvalue weighted by Crippen LogP contribution is -2.13. The predicted molar refractivity (Wildman–Crippen MR) is 90.2 cm³/mol. The zero-order chi connectivity index (χ0) is 17.2. The molecule has 1 aliphatic heterocycles. The van der Waals surface area contributed by atoms with Gasteiger partial charge in [-0.2, -0.15) is 0 Å². The maximum absolute atomic E-state index is 6.10. The molecule has 0 bridgehead atoms. The molecule has 0 aromatic carbocycles. The molecule has 9 heteroatoms. The summed E-state index contributed by atoms with van der Waals surface area (Å²) in [7, 11) is 0. The quantitative estimate of drug-likeness (QED) is 0.642. The number of hydrogen-bond donors (Lipinski definition) is 0. The lowest BCUT2D eigenvalue weighted by Gasteiger charge is -2.10. The van der Waals surface area contributed by atoms with Crippen molar-refractivity contribution in [2.75, 3.05) is 13.2 Å². The molecule has 1 aliphatic rings. The standard InChI is InChI=1S/C16H17ClN6O2/c1-10-18-15(17)14-16(19-10)23(22-21-14)7-11-3-2-4-12(20-11)8-25-13-5-6-24-9-13/h2-4,13H,5-9H2,1H3. The summed E-state index contributed by atoms with van der Waals surface area (Å²) < 4.78 is 12.8. The minimum atomic E-state index is 0.159. The maximum atomic E-state index is 6.10. The normalized spacial score (nSPS) is 17.4. The van der Waals surface area contributed by atoms with Gasteiger partial charge >= 0.3 is 0 Å². The molecule has 0 aliphatic carbocycles. The summed E-state index contributed by atoms with van der Waals surface area (Å²) in [4.78, 5) is 13.1. The molecule has 3 aromatic heterocycles. The van der Waals surface area contributed by atoms with Crippen molar-refractivity contribution in [3.8, 4) is 0 Å². The van der Waals surface area contributed by atoms with Gasteiger partial charge in [0.15, 0.2) is 16.3 Å². The summed E-state index contributed by atoms with van der Waals surface area (Å²) in [6.07, 6.45) is 1.09. The molecular weight excluding hydrogens is 344 g/mol. The third-order valence-corrected chi connectivity index (χ3v) is 4.23. The average Bonchev–Trinajstić information content (AvgIpc) is 3.24. The Hall–Kier alpha value is -2.16. The molecular formula is C16H17ClN6O2. The van der Waals surface area contributed by atoms with Gasteiger partial charge in [-0.3, -0.25) is 4.98 Å². The van der Waals surface area contributed by atoms with E-state index in [0.29, 0.717) is 41.9 Å². The van der Waals surface area contributed by atoms with Crippen molar-refractivity contribution in [2.24, 2.45) is 0 Å². The molecule has 1 saturated heterocycles. The van der Waals surface area contributed by atoms with Gasteiger partial charge in [0.05, 0.1) is 37.3 Å². The van der Waals surface area contributed by atoms with Gasteiger partial charge in [-0.15, -0.1) is 5.10 Å². The molecule has 8 nitrogen and oxygen atoms in total. The van der Waals surface area contributed by atoms with Crippen LogP contribution in [0, 0.1) is 6.92 Å². The smallest absolute Gasteiger partial charge is 0.183 e. The van der Waals surface area contributed by atoms with Crippen LogP contribution in [0.1, 0.15) is 23.6 Å². The highest BCUT2D eigenvalue weighted by atomic mass is 35.5. The van der Waals surface area contributed by atoms with E-state index in [0.717, 1.165) is 24.4 Å². The van der Waals surface area contributed by atoms with Crippen molar-refractivity contribution in [2.45, 2.75) is 32.6 Å². The Morgan fingerprint density at radius 1 is 1.28 bits per heavy atom. The van der Waals surface area contributed by atoms with Crippen molar-refractivity contribution in [1.29, 1.82) is 0 Å². The van der Waals surface area contributed by atoms with E-state index in [-0.39, 0.29) is 6.10 Å². The van der Waals surface area contributed by atoms with E-state index in [4.69, 9.17) is 21.1 Å². The van der Waals surface area contributed by atoms with Gasteiger partial charge < -0.3 is 9.47 Å². The van der Waals surface area contributed by atoms with E-state index < -0.39 is 0 Å². The molecule has 1 fully saturated rings. The first-order valence-electron chi connectivity index (χ1n) is 8.06. The number of halogens is 1. The topological polar surface area (TPSA) is 87.8 Å². The second kappa shape index (κ2) is 6.99. The summed E-state index contributed by atoms with van der Waals surface area (Å²) in [6.45, 7) is 4.12. The highest BCUT2D eigenvalue weighted by Gasteiger charge is 2.16. The molecule has 130 valence electrons. The largest absolute Gasteiger partial charge is 0.379 e. The van der Waals surface area contributed by atoms with E-state index in [1.807, 2.05) is 18.2 Å². The Balaban J connectivity index is 1.52. The first-order valence-corrected chi connectivity index (χ1v) is 8.44. The van der Waals surface area contributed by atoms with Crippen LogP contribution in [0.3, 0.4) is 0 Å². The molecule has 1 unspecified atom stereocenters. The third-order valence-electron chi connectivity index (χ3n) is 3.96. The van der Waals surface area contributed by atoms with Crippen molar-refractivity contribution in [1.82, 2.24) is 29.9 Å². The Morgan fingerprint density at radius 2 is 2.16 bits per heavy atom. The number of rotatable bonds is 5. The molecule has 3 aromatic rings. The van der Waals surface area contributed by atoms with Crippen LogP contribution < -0.4 is 0 Å². The fourth-order valence-corrected chi connectivity index (χ4v) is 2.98. The first-order chi connectivity index (χ1) is 12.2. The number of aromatic nitrogens is 6. The van der Waals surface area contributed by atoms with Gasteiger partial charge in [-0.05, 0) is 25.5 Å². The lowest BCUT2D eigenvalue weighted by atomic mass is 10.3. The van der Waals surface area contributed by atoms with E-state index >= 15 is 0 Å². The monoisotopic (exact) mass is 360 g/mol. The summed E-state index contributed by atoms with van der Waals surface area (Å²) in [5.41, 5.74) is 2.82. The summed E-state index contributed by atoms with van der Waals surface area (Å²) in [5, 5.41) is 8.49. The van der Waals surface area contributed by atoms with Crippen LogP contribution in [0.5, 0.6) is 0 Å². The van der Waals surface area contributed by atoms with Crippen molar-refractivity contribution >= 4 is 22.8 Å². The number of aryl methyl sites for hydroxylation is 1. The molecule has 0 amide bonds. The number of pyridine rings is 1. The van der Waals surface area contributed by atoms with E-state index in [1.54, 1.807) is 11.6 Å². The second-order valence-electron chi connectivity index (χ2n) is 5.90. The van der Waals surface area contributed by atoms with Gasteiger partial charge in [0, 0.05) is 6.61 Å². The predicted octanol–water partition coefficient (Wildman–Crippen LogP) is 1.93. The minimum absolute atomic E-state index is 0.159. The summed E-state index contributed by atoms with van der Waals surface area (Å²) in [6, 6.07) is 5.84.